The Labute approximate surface area is 117 Å². The fourth-order valence-electron chi connectivity index (χ4n) is 1.98. The minimum atomic E-state index is -0.743. The quantitative estimate of drug-likeness (QED) is 0.783. The van der Waals surface area contributed by atoms with E-state index in [0.29, 0.717) is 13.0 Å². The maximum Gasteiger partial charge on any atom is 0.303 e. The molecule has 0 atom stereocenters. The number of nitrogens with zero attached hydrogens (tertiary/aromatic N) is 4. The second-order valence-electron chi connectivity index (χ2n) is 4.80. The number of carboxylic acids is 1. The fraction of sp³-hybridized carbons (Fsp3) is 0.429. The molecule has 1 N–H and O–H groups in total. The van der Waals surface area contributed by atoms with E-state index in [2.05, 4.69) is 15.5 Å². The summed E-state index contributed by atoms with van der Waals surface area (Å²) in [5, 5.41) is 20.3. The first-order valence-electron chi connectivity index (χ1n) is 6.72. The maximum atomic E-state index is 10.4. The molecule has 6 nitrogen and oxygen atoms in total. The second kappa shape index (κ2) is 6.79. The van der Waals surface area contributed by atoms with Gasteiger partial charge in [-0.3, -0.25) is 4.79 Å². The van der Waals surface area contributed by atoms with Crippen molar-refractivity contribution in [1.29, 1.82) is 0 Å². The lowest BCUT2D eigenvalue weighted by atomic mass is 10.1. The van der Waals surface area contributed by atoms with Crippen LogP contribution in [0.2, 0.25) is 0 Å². The number of aryl methyl sites for hydroxylation is 2. The summed E-state index contributed by atoms with van der Waals surface area (Å²) in [6.45, 7) is 2.74. The van der Waals surface area contributed by atoms with Crippen LogP contribution in [-0.2, 0) is 11.3 Å². The molecule has 2 rings (SSSR count). The highest BCUT2D eigenvalue weighted by Gasteiger charge is 2.08. The largest absolute Gasteiger partial charge is 0.481 e. The molecule has 20 heavy (non-hydrogen) atoms. The Bertz CT molecular complexity index is 563. The molecule has 106 valence electrons. The topological polar surface area (TPSA) is 80.9 Å². The molecule has 6 heteroatoms. The Kier molecular flexibility index (Phi) is 4.81. The Morgan fingerprint density at radius 1 is 1.20 bits per heavy atom. The predicted octanol–water partition coefficient (Wildman–Crippen LogP) is 2.29. The molecule has 0 fully saturated rings. The molecule has 0 bridgehead atoms. The SMILES string of the molecule is Cc1ccc(-c2nnnn2CCCCCC(=O)O)cc1. The van der Waals surface area contributed by atoms with Crippen LogP contribution in [0.15, 0.2) is 24.3 Å². The smallest absolute Gasteiger partial charge is 0.303 e. The van der Waals surface area contributed by atoms with Crippen molar-refractivity contribution in [2.24, 2.45) is 0 Å². The van der Waals surface area contributed by atoms with Crippen molar-refractivity contribution >= 4 is 5.97 Å². The maximum absolute atomic E-state index is 10.4. The number of carboxylic acid groups (broad SMARTS) is 1. The molecule has 0 saturated carbocycles. The summed E-state index contributed by atoms with van der Waals surface area (Å²) in [5.41, 5.74) is 2.19. The molecule has 0 aliphatic carbocycles. The summed E-state index contributed by atoms with van der Waals surface area (Å²) in [5.74, 6) is 0.0102. The van der Waals surface area contributed by atoms with Gasteiger partial charge in [0.2, 0.25) is 0 Å². The van der Waals surface area contributed by atoms with E-state index in [4.69, 9.17) is 5.11 Å². The fourth-order valence-corrected chi connectivity index (χ4v) is 1.98. The zero-order valence-electron chi connectivity index (χ0n) is 11.5. The Morgan fingerprint density at radius 3 is 2.65 bits per heavy atom. The van der Waals surface area contributed by atoms with Gasteiger partial charge in [0.15, 0.2) is 5.82 Å². The molecular formula is C14H18N4O2. The highest BCUT2D eigenvalue weighted by Crippen LogP contribution is 2.16. The van der Waals surface area contributed by atoms with E-state index >= 15 is 0 Å². The van der Waals surface area contributed by atoms with Crippen molar-refractivity contribution in [2.45, 2.75) is 39.2 Å². The number of aromatic nitrogens is 4. The first-order valence-corrected chi connectivity index (χ1v) is 6.72. The number of aliphatic carboxylic acids is 1. The van der Waals surface area contributed by atoms with Crippen LogP contribution in [0, 0.1) is 6.92 Å². The van der Waals surface area contributed by atoms with E-state index in [1.165, 1.54) is 5.56 Å². The number of carbonyl (C=O) groups is 1. The first-order chi connectivity index (χ1) is 9.66. The monoisotopic (exact) mass is 274 g/mol. The molecule has 0 amide bonds. The molecule has 2 aromatic rings. The lowest BCUT2D eigenvalue weighted by Gasteiger charge is -2.04. The van der Waals surface area contributed by atoms with Gasteiger partial charge < -0.3 is 5.11 Å². The van der Waals surface area contributed by atoms with Crippen LogP contribution in [-0.4, -0.2) is 31.3 Å². The van der Waals surface area contributed by atoms with Crippen LogP contribution < -0.4 is 0 Å². The molecule has 0 aliphatic rings. The van der Waals surface area contributed by atoms with Crippen LogP contribution in [0.25, 0.3) is 11.4 Å². The molecule has 0 radical (unpaired) electrons. The van der Waals surface area contributed by atoms with Crippen molar-refractivity contribution in [3.8, 4) is 11.4 Å². The third kappa shape index (κ3) is 3.88. The Morgan fingerprint density at radius 2 is 1.95 bits per heavy atom. The molecule has 0 aliphatic heterocycles. The summed E-state index contributed by atoms with van der Waals surface area (Å²) >= 11 is 0. The predicted molar refractivity (Wildman–Crippen MR) is 74.1 cm³/mol. The number of benzene rings is 1. The zero-order valence-corrected chi connectivity index (χ0v) is 11.5. The Balaban J connectivity index is 1.92. The van der Waals surface area contributed by atoms with Gasteiger partial charge in [-0.15, -0.1) is 5.10 Å². The highest BCUT2D eigenvalue weighted by atomic mass is 16.4. The van der Waals surface area contributed by atoms with Crippen molar-refractivity contribution < 1.29 is 9.90 Å². The molecule has 0 saturated heterocycles. The number of tetrazole rings is 1. The minimum absolute atomic E-state index is 0.223. The molecule has 1 aromatic heterocycles. The van der Waals surface area contributed by atoms with Gasteiger partial charge in [-0.1, -0.05) is 36.2 Å². The van der Waals surface area contributed by atoms with Gasteiger partial charge in [0.1, 0.15) is 0 Å². The summed E-state index contributed by atoms with van der Waals surface area (Å²) < 4.78 is 1.77. The van der Waals surface area contributed by atoms with E-state index < -0.39 is 5.97 Å². The average molecular weight is 274 g/mol. The van der Waals surface area contributed by atoms with E-state index in [1.54, 1.807) is 4.68 Å². The third-order valence-corrected chi connectivity index (χ3v) is 3.10. The third-order valence-electron chi connectivity index (χ3n) is 3.10. The van der Waals surface area contributed by atoms with E-state index in [1.807, 2.05) is 31.2 Å². The lowest BCUT2D eigenvalue weighted by Crippen LogP contribution is -2.03. The van der Waals surface area contributed by atoms with Crippen molar-refractivity contribution in [3.63, 3.8) is 0 Å². The first kappa shape index (κ1) is 14.2. The van der Waals surface area contributed by atoms with Gasteiger partial charge in [-0.25, -0.2) is 4.68 Å². The van der Waals surface area contributed by atoms with Crippen LogP contribution in [0.4, 0.5) is 0 Å². The van der Waals surface area contributed by atoms with Gasteiger partial charge in [-0.05, 0) is 30.2 Å². The summed E-state index contributed by atoms with van der Waals surface area (Å²) in [6, 6.07) is 8.06. The second-order valence-corrected chi connectivity index (χ2v) is 4.80. The van der Waals surface area contributed by atoms with Crippen LogP contribution in [0.1, 0.15) is 31.2 Å². The molecular weight excluding hydrogens is 256 g/mol. The summed E-state index contributed by atoms with van der Waals surface area (Å²) in [6.07, 6.45) is 2.65. The standard InChI is InChI=1S/C14H18N4O2/c1-11-6-8-12(9-7-11)14-15-16-17-18(14)10-4-2-3-5-13(19)20/h6-9H,2-5,10H2,1H3,(H,19,20). The van der Waals surface area contributed by atoms with Gasteiger partial charge in [-0.2, -0.15) is 0 Å². The van der Waals surface area contributed by atoms with Gasteiger partial charge in [0, 0.05) is 18.5 Å². The van der Waals surface area contributed by atoms with Crippen LogP contribution >= 0.6 is 0 Å². The van der Waals surface area contributed by atoms with Gasteiger partial charge >= 0.3 is 5.97 Å². The summed E-state index contributed by atoms with van der Waals surface area (Å²) in [4.78, 5) is 10.4. The lowest BCUT2D eigenvalue weighted by molar-refractivity contribution is -0.137. The normalized spacial score (nSPS) is 10.7. The molecule has 1 aromatic carbocycles. The van der Waals surface area contributed by atoms with Crippen molar-refractivity contribution in [3.05, 3.63) is 29.8 Å². The number of hydrogen-bond donors (Lipinski definition) is 1. The highest BCUT2D eigenvalue weighted by molar-refractivity contribution is 5.66. The number of rotatable bonds is 7. The van der Waals surface area contributed by atoms with Crippen LogP contribution in [0.3, 0.4) is 0 Å². The summed E-state index contributed by atoms with van der Waals surface area (Å²) in [7, 11) is 0. The van der Waals surface area contributed by atoms with Crippen molar-refractivity contribution in [2.75, 3.05) is 0 Å². The molecule has 0 unspecified atom stereocenters. The molecule has 0 spiro atoms. The van der Waals surface area contributed by atoms with E-state index in [-0.39, 0.29) is 6.42 Å². The Hall–Kier alpha value is -2.24. The van der Waals surface area contributed by atoms with Gasteiger partial charge in [0.25, 0.3) is 0 Å². The van der Waals surface area contributed by atoms with E-state index in [0.717, 1.165) is 24.2 Å². The van der Waals surface area contributed by atoms with Crippen molar-refractivity contribution in [1.82, 2.24) is 20.2 Å². The number of hydrogen-bond acceptors (Lipinski definition) is 4. The minimum Gasteiger partial charge on any atom is -0.481 e. The molecule has 1 heterocycles. The number of unbranched alkanes of at least 4 members (excludes halogenated alkanes) is 2. The zero-order chi connectivity index (χ0) is 14.4. The van der Waals surface area contributed by atoms with Gasteiger partial charge in [0.05, 0.1) is 0 Å². The average Bonchev–Trinajstić information content (AvgIpc) is 2.87. The van der Waals surface area contributed by atoms with E-state index in [9.17, 15) is 4.79 Å². The van der Waals surface area contributed by atoms with Crippen LogP contribution in [0.5, 0.6) is 0 Å².